The van der Waals surface area contributed by atoms with Gasteiger partial charge in [0.15, 0.2) is 0 Å². The summed E-state index contributed by atoms with van der Waals surface area (Å²) in [5.41, 5.74) is 5.57. The minimum Gasteiger partial charge on any atom is -0.344 e. The maximum Gasteiger partial charge on any atom is 0.264 e. The smallest absolute Gasteiger partial charge is 0.264 e. The minimum atomic E-state index is -0.280. The van der Waals surface area contributed by atoms with Gasteiger partial charge in [0, 0.05) is 31.2 Å². The number of unbranched alkanes of at least 4 members (excludes halogenated alkanes) is 1. The second kappa shape index (κ2) is 8.53. The zero-order chi connectivity index (χ0) is 19.3. The summed E-state index contributed by atoms with van der Waals surface area (Å²) in [6.45, 7) is 6.25. The fourth-order valence-electron chi connectivity index (χ4n) is 3.06. The average Bonchev–Trinajstić information content (AvgIpc) is 2.91. The van der Waals surface area contributed by atoms with Gasteiger partial charge in [-0.1, -0.05) is 25.5 Å². The number of benzene rings is 1. The molecular weight excluding hydrogens is 322 g/mol. The second-order valence-corrected chi connectivity index (χ2v) is 6.80. The quantitative estimate of drug-likeness (QED) is 0.572. The predicted molar refractivity (Wildman–Crippen MR) is 106 cm³/mol. The Morgan fingerprint density at radius 2 is 1.88 bits per heavy atom. The summed E-state index contributed by atoms with van der Waals surface area (Å²) in [4.78, 5) is 13.5. The van der Waals surface area contributed by atoms with E-state index in [1.807, 2.05) is 26.0 Å². The lowest BCUT2D eigenvalue weighted by Gasteiger charge is -2.11. The van der Waals surface area contributed by atoms with Crippen LogP contribution >= 0.6 is 0 Å². The van der Waals surface area contributed by atoms with Crippen molar-refractivity contribution in [2.75, 3.05) is 14.1 Å². The van der Waals surface area contributed by atoms with Gasteiger partial charge >= 0.3 is 0 Å². The topological polar surface area (TPSA) is 49.0 Å². The third-order valence-electron chi connectivity index (χ3n) is 4.54. The van der Waals surface area contributed by atoms with Crippen LogP contribution in [0, 0.1) is 25.2 Å². The van der Waals surface area contributed by atoms with E-state index in [0.29, 0.717) is 0 Å². The molecule has 0 aliphatic carbocycles. The van der Waals surface area contributed by atoms with E-state index in [9.17, 15) is 10.1 Å². The molecule has 26 heavy (non-hydrogen) atoms. The molecule has 0 aliphatic heterocycles. The van der Waals surface area contributed by atoms with Gasteiger partial charge in [-0.05, 0) is 62.1 Å². The molecule has 0 fully saturated rings. The van der Waals surface area contributed by atoms with E-state index in [4.69, 9.17) is 0 Å². The lowest BCUT2D eigenvalue weighted by molar-refractivity contribution is -0.124. The Balaban J connectivity index is 2.39. The SMILES string of the molecule is CCCCc1ccc(-n2c(C)cc(/C=C(/C#N)C(=O)N(C)C)c2C)cc1. The Kier molecular flexibility index (Phi) is 6.41. The molecule has 0 aliphatic rings. The van der Waals surface area contributed by atoms with E-state index in [2.05, 4.69) is 35.8 Å². The van der Waals surface area contributed by atoms with Crippen molar-refractivity contribution in [3.8, 4) is 11.8 Å². The monoisotopic (exact) mass is 349 g/mol. The first-order valence-electron chi connectivity index (χ1n) is 9.00. The largest absolute Gasteiger partial charge is 0.344 e. The normalized spacial score (nSPS) is 11.3. The van der Waals surface area contributed by atoms with Crippen molar-refractivity contribution < 1.29 is 4.79 Å². The second-order valence-electron chi connectivity index (χ2n) is 6.80. The number of likely N-dealkylation sites (N-methyl/N-ethyl adjacent to an activating group) is 1. The van der Waals surface area contributed by atoms with Crippen molar-refractivity contribution >= 4 is 12.0 Å². The van der Waals surface area contributed by atoms with Crippen LogP contribution in [0.3, 0.4) is 0 Å². The van der Waals surface area contributed by atoms with Crippen molar-refractivity contribution in [1.82, 2.24) is 9.47 Å². The molecule has 0 unspecified atom stereocenters. The van der Waals surface area contributed by atoms with Gasteiger partial charge in [0.1, 0.15) is 11.6 Å². The molecule has 0 bridgehead atoms. The highest BCUT2D eigenvalue weighted by molar-refractivity contribution is 6.01. The Morgan fingerprint density at radius 3 is 2.42 bits per heavy atom. The number of nitriles is 1. The van der Waals surface area contributed by atoms with Crippen LogP contribution in [-0.2, 0) is 11.2 Å². The van der Waals surface area contributed by atoms with Crippen molar-refractivity contribution in [2.45, 2.75) is 40.0 Å². The molecular formula is C22H27N3O. The zero-order valence-electron chi connectivity index (χ0n) is 16.3. The lowest BCUT2D eigenvalue weighted by Crippen LogP contribution is -2.22. The lowest BCUT2D eigenvalue weighted by atomic mass is 10.1. The first kappa shape index (κ1) is 19.5. The summed E-state index contributed by atoms with van der Waals surface area (Å²) >= 11 is 0. The molecule has 1 aromatic carbocycles. The third-order valence-corrected chi connectivity index (χ3v) is 4.54. The Morgan fingerprint density at radius 1 is 1.23 bits per heavy atom. The molecule has 2 aromatic rings. The molecule has 0 N–H and O–H groups in total. The van der Waals surface area contributed by atoms with Gasteiger partial charge < -0.3 is 9.47 Å². The number of aryl methyl sites for hydroxylation is 2. The minimum absolute atomic E-state index is 0.144. The molecule has 2 rings (SSSR count). The number of carbonyl (C=O) groups is 1. The molecule has 0 radical (unpaired) electrons. The van der Waals surface area contributed by atoms with E-state index in [-0.39, 0.29) is 11.5 Å². The summed E-state index contributed by atoms with van der Waals surface area (Å²) in [7, 11) is 3.30. The van der Waals surface area contributed by atoms with E-state index < -0.39 is 0 Å². The standard InChI is InChI=1S/C22H27N3O/c1-6-7-8-18-9-11-21(12-10-18)25-16(2)13-19(17(25)3)14-20(15-23)22(26)24(4)5/h9-14H,6-8H2,1-5H3/b20-14-. The van der Waals surface area contributed by atoms with E-state index >= 15 is 0 Å². The van der Waals surface area contributed by atoms with Crippen LogP contribution in [0.4, 0.5) is 0 Å². The maximum absolute atomic E-state index is 12.1. The van der Waals surface area contributed by atoms with Gasteiger partial charge in [-0.25, -0.2) is 0 Å². The molecule has 0 saturated carbocycles. The number of rotatable bonds is 6. The van der Waals surface area contributed by atoms with Gasteiger partial charge in [0.2, 0.25) is 0 Å². The molecule has 1 heterocycles. The van der Waals surface area contributed by atoms with E-state index in [1.165, 1.54) is 23.3 Å². The first-order valence-corrected chi connectivity index (χ1v) is 9.00. The third kappa shape index (κ3) is 4.23. The summed E-state index contributed by atoms with van der Waals surface area (Å²) in [6.07, 6.45) is 5.18. The van der Waals surface area contributed by atoms with Crippen molar-refractivity contribution in [3.05, 3.63) is 58.4 Å². The van der Waals surface area contributed by atoms with Crippen LogP contribution in [-0.4, -0.2) is 29.5 Å². The number of carbonyl (C=O) groups excluding carboxylic acids is 1. The molecule has 136 valence electrons. The first-order chi connectivity index (χ1) is 12.4. The summed E-state index contributed by atoms with van der Waals surface area (Å²) in [5, 5.41) is 9.32. The van der Waals surface area contributed by atoms with Crippen molar-refractivity contribution in [2.24, 2.45) is 0 Å². The predicted octanol–water partition coefficient (Wildman–Crippen LogP) is 4.43. The van der Waals surface area contributed by atoms with E-state index in [0.717, 1.165) is 29.1 Å². The number of nitrogens with zero attached hydrogens (tertiary/aromatic N) is 3. The maximum atomic E-state index is 12.1. The zero-order valence-corrected chi connectivity index (χ0v) is 16.3. The highest BCUT2D eigenvalue weighted by Gasteiger charge is 2.14. The van der Waals surface area contributed by atoms with Gasteiger partial charge in [0.25, 0.3) is 5.91 Å². The van der Waals surface area contributed by atoms with Crippen LogP contribution in [0.25, 0.3) is 11.8 Å². The van der Waals surface area contributed by atoms with Gasteiger partial charge in [-0.3, -0.25) is 4.79 Å². The molecule has 4 heteroatoms. The fraction of sp³-hybridized carbons (Fsp3) is 0.364. The molecule has 4 nitrogen and oxygen atoms in total. The highest BCUT2D eigenvalue weighted by Crippen LogP contribution is 2.23. The van der Waals surface area contributed by atoms with Crippen LogP contribution in [0.2, 0.25) is 0 Å². The number of hydrogen-bond acceptors (Lipinski definition) is 2. The summed E-state index contributed by atoms with van der Waals surface area (Å²) in [6, 6.07) is 12.6. The molecule has 0 atom stereocenters. The Bertz CT molecular complexity index is 849. The summed E-state index contributed by atoms with van der Waals surface area (Å²) < 4.78 is 2.16. The molecule has 1 aromatic heterocycles. The van der Waals surface area contributed by atoms with Crippen LogP contribution < -0.4 is 0 Å². The molecule has 0 spiro atoms. The Hall–Kier alpha value is -2.80. The van der Waals surface area contributed by atoms with Crippen LogP contribution in [0.15, 0.2) is 35.9 Å². The Labute approximate surface area is 156 Å². The molecule has 1 amide bonds. The van der Waals surface area contributed by atoms with E-state index in [1.54, 1.807) is 20.2 Å². The number of amides is 1. The van der Waals surface area contributed by atoms with Gasteiger partial charge in [0.05, 0.1) is 0 Å². The average molecular weight is 349 g/mol. The van der Waals surface area contributed by atoms with Crippen molar-refractivity contribution in [1.29, 1.82) is 5.26 Å². The van der Waals surface area contributed by atoms with Crippen molar-refractivity contribution in [3.63, 3.8) is 0 Å². The van der Waals surface area contributed by atoms with Crippen LogP contribution in [0.1, 0.15) is 42.3 Å². The molecule has 0 saturated heterocycles. The van der Waals surface area contributed by atoms with Crippen LogP contribution in [0.5, 0.6) is 0 Å². The van der Waals surface area contributed by atoms with Gasteiger partial charge in [-0.2, -0.15) is 5.26 Å². The highest BCUT2D eigenvalue weighted by atomic mass is 16.2. The summed E-state index contributed by atoms with van der Waals surface area (Å²) in [5.74, 6) is -0.280. The number of hydrogen-bond donors (Lipinski definition) is 0. The van der Waals surface area contributed by atoms with Gasteiger partial charge in [-0.15, -0.1) is 0 Å². The number of aromatic nitrogens is 1. The fourth-order valence-corrected chi connectivity index (χ4v) is 3.06.